The van der Waals surface area contributed by atoms with Gasteiger partial charge in [0.25, 0.3) is 0 Å². The van der Waals surface area contributed by atoms with E-state index in [1.807, 2.05) is 0 Å². The van der Waals surface area contributed by atoms with Crippen molar-refractivity contribution in [3.63, 3.8) is 0 Å². The van der Waals surface area contributed by atoms with Gasteiger partial charge < -0.3 is 20.1 Å². The first-order valence-corrected chi connectivity index (χ1v) is 7.82. The summed E-state index contributed by atoms with van der Waals surface area (Å²) in [4.78, 5) is 23.7. The van der Waals surface area contributed by atoms with Gasteiger partial charge in [-0.2, -0.15) is 0 Å². The van der Waals surface area contributed by atoms with Crippen LogP contribution in [-0.2, 0) is 4.79 Å². The number of anilines is 2. The monoisotopic (exact) mass is 362 g/mol. The molecule has 0 saturated carbocycles. The third-order valence-corrected chi connectivity index (χ3v) is 3.71. The largest absolute Gasteiger partial charge is 0.586 e. The highest BCUT2D eigenvalue weighted by Gasteiger charge is 2.43. The molecule has 1 aliphatic rings. The maximum absolute atomic E-state index is 13.0. The van der Waals surface area contributed by atoms with Gasteiger partial charge in [-0.3, -0.25) is 9.59 Å². The van der Waals surface area contributed by atoms with Gasteiger partial charge in [0, 0.05) is 23.0 Å². The minimum atomic E-state index is -3.69. The average Bonchev–Trinajstić information content (AvgIpc) is 2.88. The molecular weight excluding hydrogens is 346 g/mol. The molecule has 8 heteroatoms. The molecule has 0 aliphatic carbocycles. The lowest BCUT2D eigenvalue weighted by atomic mass is 10.1. The highest BCUT2D eigenvalue weighted by atomic mass is 19.3. The van der Waals surface area contributed by atoms with Crippen LogP contribution in [0.1, 0.15) is 24.2 Å². The highest BCUT2D eigenvalue weighted by Crippen LogP contribution is 2.42. The second kappa shape index (κ2) is 6.62. The Kier molecular flexibility index (Phi) is 4.50. The number of halogens is 2. The molecule has 3 rings (SSSR count). The lowest BCUT2D eigenvalue weighted by Gasteiger charge is -2.16. The third-order valence-electron chi connectivity index (χ3n) is 3.71. The number of ketones is 1. The highest BCUT2D eigenvalue weighted by molar-refractivity contribution is 5.99. The van der Waals surface area contributed by atoms with Crippen molar-refractivity contribution in [2.24, 2.45) is 0 Å². The lowest BCUT2D eigenvalue weighted by molar-refractivity contribution is -0.286. The average molecular weight is 362 g/mol. The van der Waals surface area contributed by atoms with Crippen molar-refractivity contribution >= 4 is 23.1 Å². The van der Waals surface area contributed by atoms with Crippen LogP contribution in [0.2, 0.25) is 0 Å². The third kappa shape index (κ3) is 3.90. The Morgan fingerprint density at radius 3 is 2.50 bits per heavy atom. The predicted molar refractivity (Wildman–Crippen MR) is 90.8 cm³/mol. The minimum Gasteiger partial charge on any atom is -0.395 e. The van der Waals surface area contributed by atoms with Crippen molar-refractivity contribution in [3.8, 4) is 11.5 Å². The first-order valence-electron chi connectivity index (χ1n) is 7.82. The van der Waals surface area contributed by atoms with E-state index >= 15 is 0 Å². The molecule has 0 bridgehead atoms. The van der Waals surface area contributed by atoms with E-state index in [1.54, 1.807) is 31.2 Å². The molecule has 0 unspecified atom stereocenters. The Balaban J connectivity index is 1.65. The summed E-state index contributed by atoms with van der Waals surface area (Å²) in [7, 11) is 0. The van der Waals surface area contributed by atoms with Crippen molar-refractivity contribution < 1.29 is 27.8 Å². The van der Waals surface area contributed by atoms with Crippen LogP contribution in [0.4, 0.5) is 20.2 Å². The Labute approximate surface area is 148 Å². The van der Waals surface area contributed by atoms with Crippen LogP contribution in [0.5, 0.6) is 11.5 Å². The number of rotatable bonds is 5. The van der Waals surface area contributed by atoms with Crippen molar-refractivity contribution in [2.75, 3.05) is 10.6 Å². The summed E-state index contributed by atoms with van der Waals surface area (Å²) in [5.41, 5.74) is 1.40. The molecule has 0 radical (unpaired) electrons. The Morgan fingerprint density at radius 1 is 1.04 bits per heavy atom. The van der Waals surface area contributed by atoms with Crippen LogP contribution in [0.15, 0.2) is 42.5 Å². The quantitative estimate of drug-likeness (QED) is 0.794. The van der Waals surface area contributed by atoms with E-state index in [0.717, 1.165) is 0 Å². The smallest absolute Gasteiger partial charge is 0.395 e. The van der Waals surface area contributed by atoms with Crippen molar-refractivity contribution in [2.45, 2.75) is 26.2 Å². The van der Waals surface area contributed by atoms with Crippen LogP contribution in [0.3, 0.4) is 0 Å². The van der Waals surface area contributed by atoms with Crippen LogP contribution < -0.4 is 20.1 Å². The van der Waals surface area contributed by atoms with Crippen molar-refractivity contribution in [3.05, 3.63) is 48.0 Å². The lowest BCUT2D eigenvalue weighted by Crippen LogP contribution is -2.31. The number of alkyl halides is 2. The summed E-state index contributed by atoms with van der Waals surface area (Å²) in [5.74, 6) is -0.640. The number of amides is 1. The first-order chi connectivity index (χ1) is 12.2. The van der Waals surface area contributed by atoms with E-state index < -0.39 is 12.3 Å². The second-order valence-corrected chi connectivity index (χ2v) is 5.82. The van der Waals surface area contributed by atoms with Crippen molar-refractivity contribution in [1.29, 1.82) is 0 Å². The van der Waals surface area contributed by atoms with Crippen LogP contribution in [0, 0.1) is 0 Å². The summed E-state index contributed by atoms with van der Waals surface area (Å²) in [6, 6.07) is 10.1. The van der Waals surface area contributed by atoms with Gasteiger partial charge >= 0.3 is 6.29 Å². The summed E-state index contributed by atoms with van der Waals surface area (Å²) in [6.45, 7) is 3.05. The molecule has 136 valence electrons. The number of Topliss-reactive ketones (excluding diaryl/α,β-unsaturated/α-hetero) is 1. The maximum Gasteiger partial charge on any atom is 0.586 e. The van der Waals surface area contributed by atoms with E-state index in [2.05, 4.69) is 20.1 Å². The Bertz CT molecular complexity index is 870. The maximum atomic E-state index is 13.0. The number of hydrogen-bond donors (Lipinski definition) is 2. The molecule has 0 fully saturated rings. The van der Waals surface area contributed by atoms with E-state index in [9.17, 15) is 18.4 Å². The van der Waals surface area contributed by atoms with Gasteiger partial charge in [0.05, 0.1) is 0 Å². The fourth-order valence-corrected chi connectivity index (χ4v) is 2.42. The molecular formula is C18H16F2N2O4. The first kappa shape index (κ1) is 17.7. The second-order valence-electron chi connectivity index (χ2n) is 5.82. The van der Waals surface area contributed by atoms with Crippen molar-refractivity contribution in [1.82, 2.24) is 0 Å². The normalized spacial score (nSPS) is 15.2. The number of benzene rings is 2. The summed E-state index contributed by atoms with van der Waals surface area (Å²) in [5, 5.41) is 5.59. The number of nitrogens with one attached hydrogen (secondary N) is 2. The van der Waals surface area contributed by atoms with Crippen LogP contribution >= 0.6 is 0 Å². The number of carbonyl (C=O) groups is 2. The molecule has 1 aliphatic heterocycles. The number of ether oxygens (including phenoxy) is 2. The molecule has 1 atom stereocenters. The summed E-state index contributed by atoms with van der Waals surface area (Å²) < 4.78 is 34.8. The zero-order valence-electron chi connectivity index (χ0n) is 14.0. The zero-order chi connectivity index (χ0) is 18.9. The summed E-state index contributed by atoms with van der Waals surface area (Å²) in [6.07, 6.45) is -3.69. The zero-order valence-corrected chi connectivity index (χ0v) is 14.0. The van der Waals surface area contributed by atoms with Gasteiger partial charge in [0.1, 0.15) is 6.04 Å². The van der Waals surface area contributed by atoms with Gasteiger partial charge in [-0.15, -0.1) is 8.78 Å². The number of hydrogen-bond acceptors (Lipinski definition) is 5. The minimum absolute atomic E-state index is 0.0706. The molecule has 0 aromatic heterocycles. The fourth-order valence-electron chi connectivity index (χ4n) is 2.42. The van der Waals surface area contributed by atoms with Gasteiger partial charge in [-0.1, -0.05) is 12.1 Å². The van der Waals surface area contributed by atoms with Crippen LogP contribution in [-0.4, -0.2) is 24.0 Å². The Morgan fingerprint density at radius 2 is 1.77 bits per heavy atom. The molecule has 0 saturated heterocycles. The van der Waals surface area contributed by atoms with E-state index in [-0.39, 0.29) is 23.2 Å². The molecule has 0 spiro atoms. The number of fused-ring (bicyclic) bond motifs is 1. The molecule has 2 aromatic carbocycles. The van der Waals surface area contributed by atoms with Gasteiger partial charge in [0.2, 0.25) is 5.91 Å². The van der Waals surface area contributed by atoms with Gasteiger partial charge in [-0.05, 0) is 38.1 Å². The van der Waals surface area contributed by atoms with Crippen LogP contribution in [0.25, 0.3) is 0 Å². The summed E-state index contributed by atoms with van der Waals surface area (Å²) >= 11 is 0. The Hall–Kier alpha value is -3.16. The van der Waals surface area contributed by atoms with E-state index in [0.29, 0.717) is 16.9 Å². The fraction of sp³-hybridized carbons (Fsp3) is 0.222. The molecule has 6 nitrogen and oxygen atoms in total. The topological polar surface area (TPSA) is 76.7 Å². The van der Waals surface area contributed by atoms with Gasteiger partial charge in [-0.25, -0.2) is 0 Å². The predicted octanol–water partition coefficient (Wildman–Crippen LogP) is 3.65. The number of carbonyl (C=O) groups excluding carboxylic acids is 2. The van der Waals surface area contributed by atoms with E-state index in [1.165, 1.54) is 25.1 Å². The standard InChI is InChI=1S/C18H16F2N2O4/c1-10(17(24)22-13-5-3-4-12(8-13)11(2)23)21-14-6-7-15-16(9-14)26-18(19,20)25-15/h3-10,21H,1-2H3,(H,22,24)/t10-/m0/s1. The van der Waals surface area contributed by atoms with E-state index in [4.69, 9.17) is 0 Å². The van der Waals surface area contributed by atoms with Gasteiger partial charge in [0.15, 0.2) is 17.3 Å². The molecule has 26 heavy (non-hydrogen) atoms. The molecule has 1 heterocycles. The molecule has 2 N–H and O–H groups in total. The molecule has 1 amide bonds. The molecule has 2 aromatic rings. The SMILES string of the molecule is CC(=O)c1cccc(NC(=O)[C@H](C)Nc2ccc3c(c2)OC(F)(F)O3)c1.